The molecule has 1 heterocycles. The molecule has 0 amide bonds. The standard InChI is InChI=1S/C14H21NO3/c1-10(13-6-7-18-9-13)15-8-11-2-4-12(5-3-11)14(16)17/h6-7,9-12,15H,2-5,8H2,1H3,(H,16,17). The van der Waals surface area contributed by atoms with Crippen LogP contribution in [0.5, 0.6) is 0 Å². The van der Waals surface area contributed by atoms with Gasteiger partial charge in [-0.15, -0.1) is 0 Å². The van der Waals surface area contributed by atoms with E-state index in [4.69, 9.17) is 9.52 Å². The van der Waals surface area contributed by atoms with Crippen molar-refractivity contribution >= 4 is 5.97 Å². The zero-order chi connectivity index (χ0) is 13.0. The Hall–Kier alpha value is -1.29. The van der Waals surface area contributed by atoms with Crippen LogP contribution in [0.4, 0.5) is 0 Å². The number of rotatable bonds is 5. The molecule has 4 heteroatoms. The van der Waals surface area contributed by atoms with Crippen molar-refractivity contribution in [3.8, 4) is 0 Å². The molecule has 1 fully saturated rings. The molecule has 18 heavy (non-hydrogen) atoms. The van der Waals surface area contributed by atoms with E-state index in [1.807, 2.05) is 6.07 Å². The lowest BCUT2D eigenvalue weighted by atomic mass is 9.82. The first-order chi connectivity index (χ1) is 8.66. The van der Waals surface area contributed by atoms with Gasteiger partial charge in [0.15, 0.2) is 0 Å². The van der Waals surface area contributed by atoms with Crippen molar-refractivity contribution in [1.82, 2.24) is 5.32 Å². The second-order valence-corrected chi connectivity index (χ2v) is 5.24. The molecule has 1 aliphatic rings. The first-order valence-electron chi connectivity index (χ1n) is 6.65. The summed E-state index contributed by atoms with van der Waals surface area (Å²) in [4.78, 5) is 10.9. The van der Waals surface area contributed by atoms with E-state index in [2.05, 4.69) is 12.2 Å². The van der Waals surface area contributed by atoms with Crippen molar-refractivity contribution in [3.63, 3.8) is 0 Å². The summed E-state index contributed by atoms with van der Waals surface area (Å²) in [5.74, 6) is -0.143. The highest BCUT2D eigenvalue weighted by Crippen LogP contribution is 2.28. The molecule has 0 aromatic carbocycles. The van der Waals surface area contributed by atoms with Crippen LogP contribution in [-0.2, 0) is 4.79 Å². The number of carboxylic acids is 1. The van der Waals surface area contributed by atoms with Crippen LogP contribution in [0.1, 0.15) is 44.2 Å². The van der Waals surface area contributed by atoms with Gasteiger partial charge in [0.25, 0.3) is 0 Å². The van der Waals surface area contributed by atoms with Gasteiger partial charge in [-0.3, -0.25) is 4.79 Å². The van der Waals surface area contributed by atoms with Gasteiger partial charge in [0.1, 0.15) is 0 Å². The predicted molar refractivity (Wildman–Crippen MR) is 68.2 cm³/mol. The van der Waals surface area contributed by atoms with Gasteiger partial charge in [-0.05, 0) is 51.1 Å². The number of hydrogen-bond donors (Lipinski definition) is 2. The van der Waals surface area contributed by atoms with Crippen molar-refractivity contribution < 1.29 is 14.3 Å². The van der Waals surface area contributed by atoms with Crippen LogP contribution < -0.4 is 5.32 Å². The number of furan rings is 1. The average Bonchev–Trinajstić information content (AvgIpc) is 2.90. The van der Waals surface area contributed by atoms with Gasteiger partial charge in [-0.1, -0.05) is 0 Å². The fraction of sp³-hybridized carbons (Fsp3) is 0.643. The van der Waals surface area contributed by atoms with Crippen molar-refractivity contribution in [2.24, 2.45) is 11.8 Å². The molecular formula is C14H21NO3. The largest absolute Gasteiger partial charge is 0.481 e. The van der Waals surface area contributed by atoms with Gasteiger partial charge in [0, 0.05) is 11.6 Å². The molecule has 100 valence electrons. The van der Waals surface area contributed by atoms with Crippen molar-refractivity contribution in [2.75, 3.05) is 6.54 Å². The van der Waals surface area contributed by atoms with E-state index in [9.17, 15) is 4.79 Å². The summed E-state index contributed by atoms with van der Waals surface area (Å²) in [6.07, 6.45) is 7.12. The van der Waals surface area contributed by atoms with E-state index in [1.54, 1.807) is 12.5 Å². The molecule has 1 saturated carbocycles. The summed E-state index contributed by atoms with van der Waals surface area (Å²) < 4.78 is 5.06. The van der Waals surface area contributed by atoms with Gasteiger partial charge in [-0.25, -0.2) is 0 Å². The molecule has 0 aliphatic heterocycles. The lowest BCUT2D eigenvalue weighted by Gasteiger charge is -2.27. The van der Waals surface area contributed by atoms with Crippen molar-refractivity contribution in [2.45, 2.75) is 38.6 Å². The molecule has 0 radical (unpaired) electrons. The van der Waals surface area contributed by atoms with Gasteiger partial charge in [0.05, 0.1) is 18.4 Å². The van der Waals surface area contributed by atoms with Crippen LogP contribution >= 0.6 is 0 Å². The second-order valence-electron chi connectivity index (χ2n) is 5.24. The first-order valence-corrected chi connectivity index (χ1v) is 6.65. The zero-order valence-electron chi connectivity index (χ0n) is 10.8. The highest BCUT2D eigenvalue weighted by Gasteiger charge is 2.25. The third-order valence-corrected chi connectivity index (χ3v) is 3.95. The summed E-state index contributed by atoms with van der Waals surface area (Å²) in [5.41, 5.74) is 1.16. The molecule has 0 bridgehead atoms. The maximum absolute atomic E-state index is 10.9. The third kappa shape index (κ3) is 3.35. The number of carboxylic acid groups (broad SMARTS) is 1. The molecule has 1 aliphatic carbocycles. The summed E-state index contributed by atoms with van der Waals surface area (Å²) in [5, 5.41) is 12.4. The molecule has 1 atom stereocenters. The second kappa shape index (κ2) is 6.05. The van der Waals surface area contributed by atoms with E-state index in [-0.39, 0.29) is 5.92 Å². The average molecular weight is 251 g/mol. The first kappa shape index (κ1) is 13.1. The Morgan fingerprint density at radius 1 is 1.50 bits per heavy atom. The lowest BCUT2D eigenvalue weighted by molar-refractivity contribution is -0.143. The van der Waals surface area contributed by atoms with Crippen LogP contribution in [0.2, 0.25) is 0 Å². The minimum absolute atomic E-state index is 0.118. The zero-order valence-corrected chi connectivity index (χ0v) is 10.8. The SMILES string of the molecule is CC(NCC1CCC(C(=O)O)CC1)c1ccoc1. The van der Waals surface area contributed by atoms with Crippen LogP contribution in [0.25, 0.3) is 0 Å². The summed E-state index contributed by atoms with van der Waals surface area (Å²) in [7, 11) is 0. The van der Waals surface area contributed by atoms with Gasteiger partial charge in [-0.2, -0.15) is 0 Å². The Balaban J connectivity index is 1.71. The number of hydrogen-bond acceptors (Lipinski definition) is 3. The molecule has 2 rings (SSSR count). The lowest BCUT2D eigenvalue weighted by Crippen LogP contribution is -2.30. The van der Waals surface area contributed by atoms with Crippen LogP contribution in [0, 0.1) is 11.8 Å². The van der Waals surface area contributed by atoms with Crippen LogP contribution in [0.15, 0.2) is 23.0 Å². The van der Waals surface area contributed by atoms with E-state index < -0.39 is 5.97 Å². The van der Waals surface area contributed by atoms with E-state index in [1.165, 1.54) is 0 Å². The maximum Gasteiger partial charge on any atom is 0.306 e. The van der Waals surface area contributed by atoms with E-state index >= 15 is 0 Å². The topological polar surface area (TPSA) is 62.5 Å². The molecular weight excluding hydrogens is 230 g/mol. The third-order valence-electron chi connectivity index (χ3n) is 3.95. The van der Waals surface area contributed by atoms with Gasteiger partial charge in [0.2, 0.25) is 0 Å². The summed E-state index contributed by atoms with van der Waals surface area (Å²) >= 11 is 0. The minimum atomic E-state index is -0.631. The molecule has 0 spiro atoms. The number of carbonyl (C=O) groups is 1. The Labute approximate surface area is 107 Å². The van der Waals surface area contributed by atoms with E-state index in [0.717, 1.165) is 37.8 Å². The summed E-state index contributed by atoms with van der Waals surface area (Å²) in [6.45, 7) is 3.08. The number of aliphatic carboxylic acids is 1. The molecule has 1 aromatic rings. The van der Waals surface area contributed by atoms with Gasteiger partial charge >= 0.3 is 5.97 Å². The smallest absolute Gasteiger partial charge is 0.306 e. The monoisotopic (exact) mass is 251 g/mol. The fourth-order valence-corrected chi connectivity index (χ4v) is 2.60. The number of nitrogens with one attached hydrogen (secondary N) is 1. The molecule has 1 unspecified atom stereocenters. The normalized spacial score (nSPS) is 25.8. The van der Waals surface area contributed by atoms with Crippen molar-refractivity contribution in [1.29, 1.82) is 0 Å². The quantitative estimate of drug-likeness (QED) is 0.844. The highest BCUT2D eigenvalue weighted by molar-refractivity contribution is 5.69. The van der Waals surface area contributed by atoms with Crippen LogP contribution in [0.3, 0.4) is 0 Å². The van der Waals surface area contributed by atoms with Crippen LogP contribution in [-0.4, -0.2) is 17.6 Å². The molecule has 1 aromatic heterocycles. The Morgan fingerprint density at radius 3 is 2.78 bits per heavy atom. The predicted octanol–water partition coefficient (Wildman–Crippen LogP) is 2.82. The fourth-order valence-electron chi connectivity index (χ4n) is 2.60. The summed E-state index contributed by atoms with van der Waals surface area (Å²) in [6, 6.07) is 2.26. The van der Waals surface area contributed by atoms with Gasteiger partial charge < -0.3 is 14.8 Å². The molecule has 2 N–H and O–H groups in total. The minimum Gasteiger partial charge on any atom is -0.481 e. The Kier molecular flexibility index (Phi) is 4.42. The Morgan fingerprint density at radius 2 is 2.22 bits per heavy atom. The highest BCUT2D eigenvalue weighted by atomic mass is 16.4. The van der Waals surface area contributed by atoms with Crippen molar-refractivity contribution in [3.05, 3.63) is 24.2 Å². The van der Waals surface area contributed by atoms with E-state index in [0.29, 0.717) is 12.0 Å². The molecule has 4 nitrogen and oxygen atoms in total. The maximum atomic E-state index is 10.9. The molecule has 0 saturated heterocycles. The Bertz CT molecular complexity index is 366.